The lowest BCUT2D eigenvalue weighted by molar-refractivity contribution is -0.671. The average molecular weight is 402 g/mol. The fraction of sp³-hybridized carbons (Fsp3) is 0.700. The molecular weight excluding hydrogens is 364 g/mol. The Morgan fingerprint density at radius 1 is 1.04 bits per heavy atom. The van der Waals surface area contributed by atoms with Gasteiger partial charge >= 0.3 is 0 Å². The van der Waals surface area contributed by atoms with Crippen LogP contribution in [0.2, 0.25) is 0 Å². The van der Waals surface area contributed by atoms with Gasteiger partial charge in [0.1, 0.15) is 12.6 Å². The van der Waals surface area contributed by atoms with Crippen LogP contribution in [0.25, 0.3) is 0 Å². The number of nitrogens with one attached hydrogen (secondary N) is 1. The predicted octanol–water partition coefficient (Wildman–Crippen LogP) is 3.67. The number of hydrogen-bond acceptors (Lipinski definition) is 3. The van der Waals surface area contributed by atoms with Crippen LogP contribution >= 0.6 is 0 Å². The zero-order valence-corrected chi connectivity index (χ0v) is 17.9. The molecule has 2 N–H and O–H groups in total. The highest BCUT2D eigenvalue weighted by Crippen LogP contribution is 2.10. The first-order valence-electron chi connectivity index (χ1n) is 9.90. The Morgan fingerprint density at radius 2 is 1.52 bits per heavy atom. The van der Waals surface area contributed by atoms with E-state index >= 15 is 0 Å². The average Bonchev–Trinajstić information content (AvgIpc) is 2.58. The molecule has 0 fully saturated rings. The first-order chi connectivity index (χ1) is 12.7. The summed E-state index contributed by atoms with van der Waals surface area (Å²) >= 11 is 0. The van der Waals surface area contributed by atoms with Gasteiger partial charge in [-0.15, -0.1) is 0 Å². The zero-order chi connectivity index (χ0) is 20.5. The Morgan fingerprint density at radius 3 is 2.00 bits per heavy atom. The Kier molecular flexibility index (Phi) is 14.7. The SMILES string of the molecule is CCCCCCCCCCCCNC(=O)c1ccc[n+](C)c1.CS(=O)(=O)O. The molecule has 0 spiro atoms. The molecule has 0 saturated carbocycles. The van der Waals surface area contributed by atoms with E-state index < -0.39 is 10.1 Å². The van der Waals surface area contributed by atoms with Gasteiger partial charge in [0.2, 0.25) is 0 Å². The molecule has 0 saturated heterocycles. The molecule has 156 valence electrons. The molecule has 0 aromatic carbocycles. The zero-order valence-electron chi connectivity index (χ0n) is 17.1. The quantitative estimate of drug-likeness (QED) is 0.318. The maximum Gasteiger partial charge on any atom is 0.261 e. The van der Waals surface area contributed by atoms with E-state index in [-0.39, 0.29) is 5.91 Å². The molecule has 1 amide bonds. The number of carbonyl (C=O) groups excluding carboxylic acids is 1. The fourth-order valence-electron chi connectivity index (χ4n) is 2.64. The lowest BCUT2D eigenvalue weighted by Gasteiger charge is -2.05. The highest BCUT2D eigenvalue weighted by atomic mass is 32.2. The molecule has 27 heavy (non-hydrogen) atoms. The first kappa shape index (κ1) is 25.5. The van der Waals surface area contributed by atoms with E-state index in [1.807, 2.05) is 36.1 Å². The maximum atomic E-state index is 11.9. The van der Waals surface area contributed by atoms with Crippen molar-refractivity contribution in [1.29, 1.82) is 0 Å². The number of unbranched alkanes of at least 4 members (excludes halogenated alkanes) is 9. The van der Waals surface area contributed by atoms with Crippen LogP contribution in [0, 0.1) is 0 Å². The molecule has 0 atom stereocenters. The Bertz CT molecular complexity index is 610. The molecule has 1 heterocycles. The van der Waals surface area contributed by atoms with Crippen LogP contribution in [-0.2, 0) is 17.2 Å². The number of amides is 1. The van der Waals surface area contributed by atoms with E-state index in [4.69, 9.17) is 4.55 Å². The van der Waals surface area contributed by atoms with Gasteiger partial charge in [0, 0.05) is 12.6 Å². The minimum absolute atomic E-state index is 0.0344. The number of aryl methyl sites for hydroxylation is 1. The predicted molar refractivity (Wildman–Crippen MR) is 109 cm³/mol. The van der Waals surface area contributed by atoms with Crippen LogP contribution in [0.15, 0.2) is 24.5 Å². The second-order valence-electron chi connectivity index (χ2n) is 6.93. The number of hydrogen-bond donors (Lipinski definition) is 2. The molecule has 0 aliphatic carbocycles. The van der Waals surface area contributed by atoms with Crippen LogP contribution in [0.4, 0.5) is 0 Å². The number of rotatable bonds is 12. The lowest BCUT2D eigenvalue weighted by atomic mass is 10.1. The minimum atomic E-state index is -3.67. The van der Waals surface area contributed by atoms with Gasteiger partial charge in [-0.25, -0.2) is 4.57 Å². The monoisotopic (exact) mass is 401 g/mol. The molecule has 0 bridgehead atoms. The van der Waals surface area contributed by atoms with E-state index in [9.17, 15) is 13.2 Å². The number of carbonyl (C=O) groups is 1. The maximum absolute atomic E-state index is 11.9. The van der Waals surface area contributed by atoms with Crippen LogP contribution in [0.1, 0.15) is 81.5 Å². The van der Waals surface area contributed by atoms with Gasteiger partial charge in [0.15, 0.2) is 12.4 Å². The second-order valence-corrected chi connectivity index (χ2v) is 8.40. The molecule has 1 aromatic heterocycles. The summed E-state index contributed by atoms with van der Waals surface area (Å²) in [4.78, 5) is 11.9. The van der Waals surface area contributed by atoms with Gasteiger partial charge < -0.3 is 5.32 Å². The molecule has 0 radical (unpaired) electrons. The van der Waals surface area contributed by atoms with Crippen LogP contribution < -0.4 is 9.88 Å². The molecule has 7 heteroatoms. The van der Waals surface area contributed by atoms with E-state index in [2.05, 4.69) is 12.2 Å². The molecule has 1 aromatic rings. The topological polar surface area (TPSA) is 87.4 Å². The third-order valence-corrected chi connectivity index (χ3v) is 4.02. The van der Waals surface area contributed by atoms with Crippen LogP contribution in [-0.4, -0.2) is 31.7 Å². The standard InChI is InChI=1S/C19H32N2O.CH4O3S/c1-3-4-5-6-7-8-9-10-11-12-15-20-19(22)18-14-13-16-21(2)17-18;1-5(2,3)4/h13-14,16-17H,3-12,15H2,1-2H3;1H3,(H,2,3,4)/p+1. The van der Waals surface area contributed by atoms with Gasteiger partial charge in [-0.2, -0.15) is 8.42 Å². The second kappa shape index (κ2) is 15.6. The largest absolute Gasteiger partial charge is 0.352 e. The van der Waals surface area contributed by atoms with Crippen LogP contribution in [0.3, 0.4) is 0 Å². The molecule has 0 aliphatic heterocycles. The number of pyridine rings is 1. The highest BCUT2D eigenvalue weighted by Gasteiger charge is 2.07. The summed E-state index contributed by atoms with van der Waals surface area (Å²) in [6, 6.07) is 3.75. The van der Waals surface area contributed by atoms with Crippen molar-refractivity contribution < 1.29 is 22.3 Å². The van der Waals surface area contributed by atoms with Gasteiger partial charge in [0.05, 0.1) is 6.26 Å². The van der Waals surface area contributed by atoms with E-state index in [0.717, 1.165) is 18.5 Å². The first-order valence-corrected chi connectivity index (χ1v) is 11.7. The van der Waals surface area contributed by atoms with Crippen molar-refractivity contribution in [2.75, 3.05) is 12.8 Å². The smallest absolute Gasteiger partial charge is 0.261 e. The fourth-order valence-corrected chi connectivity index (χ4v) is 2.64. The summed E-state index contributed by atoms with van der Waals surface area (Å²) in [6.07, 6.45) is 17.7. The number of aromatic nitrogens is 1. The van der Waals surface area contributed by atoms with Crippen LogP contribution in [0.5, 0.6) is 0 Å². The Labute approximate surface area is 165 Å². The Hall–Kier alpha value is -1.47. The summed E-state index contributed by atoms with van der Waals surface area (Å²) in [7, 11) is -1.74. The third kappa shape index (κ3) is 19.1. The van der Waals surface area contributed by atoms with E-state index in [0.29, 0.717) is 6.26 Å². The van der Waals surface area contributed by atoms with Gasteiger partial charge in [-0.05, 0) is 12.5 Å². The summed E-state index contributed by atoms with van der Waals surface area (Å²) in [5, 5.41) is 3.00. The van der Waals surface area contributed by atoms with Gasteiger partial charge in [0.25, 0.3) is 16.0 Å². The summed E-state index contributed by atoms with van der Waals surface area (Å²) in [5.74, 6) is 0.0344. The Balaban J connectivity index is 0.00000119. The molecule has 0 aliphatic rings. The van der Waals surface area contributed by atoms with Crippen molar-refractivity contribution in [1.82, 2.24) is 5.32 Å². The third-order valence-electron chi connectivity index (χ3n) is 4.02. The van der Waals surface area contributed by atoms with Crippen molar-refractivity contribution in [2.45, 2.75) is 71.1 Å². The van der Waals surface area contributed by atoms with E-state index in [1.54, 1.807) is 0 Å². The van der Waals surface area contributed by atoms with E-state index in [1.165, 1.54) is 57.8 Å². The van der Waals surface area contributed by atoms with Crippen molar-refractivity contribution >= 4 is 16.0 Å². The summed E-state index contributed by atoms with van der Waals surface area (Å²) < 4.78 is 27.8. The number of nitrogens with zero attached hydrogens (tertiary/aromatic N) is 1. The summed E-state index contributed by atoms with van der Waals surface area (Å²) in [6.45, 7) is 3.05. The highest BCUT2D eigenvalue weighted by molar-refractivity contribution is 7.85. The van der Waals surface area contributed by atoms with Crippen molar-refractivity contribution in [2.24, 2.45) is 7.05 Å². The molecule has 1 rings (SSSR count). The van der Waals surface area contributed by atoms with Crippen molar-refractivity contribution in [3.8, 4) is 0 Å². The minimum Gasteiger partial charge on any atom is -0.352 e. The summed E-state index contributed by atoms with van der Waals surface area (Å²) in [5.41, 5.74) is 0.733. The van der Waals surface area contributed by atoms with Crippen molar-refractivity contribution in [3.63, 3.8) is 0 Å². The molecule has 0 unspecified atom stereocenters. The normalized spacial score (nSPS) is 10.8. The lowest BCUT2D eigenvalue weighted by Crippen LogP contribution is -2.31. The molecular formula is C20H37N2O4S+. The van der Waals surface area contributed by atoms with Gasteiger partial charge in [-0.3, -0.25) is 9.35 Å². The van der Waals surface area contributed by atoms with Crippen molar-refractivity contribution in [3.05, 3.63) is 30.1 Å². The van der Waals surface area contributed by atoms with Gasteiger partial charge in [-0.1, -0.05) is 64.7 Å². The molecule has 6 nitrogen and oxygen atoms in total.